The first-order valence-electron chi connectivity index (χ1n) is 0.670. The second-order valence-corrected chi connectivity index (χ2v) is 1.24. The van der Waals surface area contributed by atoms with E-state index >= 15 is 0 Å². The van der Waals surface area contributed by atoms with E-state index in [1.807, 2.05) is 0 Å². The summed E-state index contributed by atoms with van der Waals surface area (Å²) in [5.74, 6) is 0. The van der Waals surface area contributed by atoms with Crippen LogP contribution >= 0.6 is 0 Å². The summed E-state index contributed by atoms with van der Waals surface area (Å²) in [5, 5.41) is 0. The first-order valence-corrected chi connectivity index (χ1v) is 2.01. The zero-order chi connectivity index (χ0) is 4.50. The van der Waals surface area contributed by atoms with Gasteiger partial charge < -0.3 is 0 Å². The van der Waals surface area contributed by atoms with Crippen molar-refractivity contribution >= 4 is 10.5 Å². The molecule has 0 saturated carbocycles. The molecule has 3 nitrogen and oxygen atoms in total. The average molecular weight is 155 g/mol. The molecule has 0 aliphatic heterocycles. The van der Waals surface area contributed by atoms with Crippen LogP contribution in [0, 0.1) is 0 Å². The van der Waals surface area contributed by atoms with Gasteiger partial charge in [-0.15, -0.1) is 0 Å². The summed E-state index contributed by atoms with van der Waals surface area (Å²) in [5.41, 5.74) is 0. The Morgan fingerprint density at radius 3 is 1.50 bits per heavy atom. The van der Waals surface area contributed by atoms with E-state index in [0.717, 1.165) is 0 Å². The van der Waals surface area contributed by atoms with Crippen LogP contribution in [0.5, 0.6) is 0 Å². The normalized spacial score (nSPS) is 9.67. The summed E-state index contributed by atoms with van der Waals surface area (Å²) in [7, 11) is -5.17. The molecule has 0 aliphatic rings. The minimum absolute atomic E-state index is 0. The van der Waals surface area contributed by atoms with Crippen molar-refractivity contribution in [2.45, 2.75) is 0 Å². The molecule has 0 aromatic heterocycles. The van der Waals surface area contributed by atoms with Crippen LogP contribution in [0.2, 0.25) is 0 Å². The van der Waals surface area contributed by atoms with Gasteiger partial charge in [-0.05, 0) is 0 Å². The number of hydrogen-bond acceptors (Lipinski definition) is 2. The molecule has 1 radical (unpaired) electrons. The molecule has 0 spiro atoms. The van der Waals surface area contributed by atoms with Crippen LogP contribution in [0.4, 0.5) is 3.89 Å². The summed E-state index contributed by atoms with van der Waals surface area (Å²) in [6.07, 6.45) is 0. The van der Waals surface area contributed by atoms with E-state index < -0.39 is 10.5 Å². The molecule has 0 aliphatic carbocycles. The monoisotopic (exact) mass is 155 g/mol. The third kappa shape index (κ3) is 381. The fourth-order valence-corrected chi connectivity index (χ4v) is 0. The maximum Gasteiger partial charge on any atom is 0.435 e. The van der Waals surface area contributed by atoms with Gasteiger partial charge in [-0.2, -0.15) is 8.42 Å². The molecule has 0 saturated heterocycles. The second-order valence-electron chi connectivity index (χ2n) is 0.412. The SMILES string of the molecule is O=S(=O)(O)F.[Mn]. The molecule has 0 rings (SSSR count). The van der Waals surface area contributed by atoms with Crippen molar-refractivity contribution in [2.75, 3.05) is 0 Å². The van der Waals surface area contributed by atoms with Crippen LogP contribution in [0.25, 0.3) is 0 Å². The van der Waals surface area contributed by atoms with Crippen LogP contribution in [0.1, 0.15) is 0 Å². The van der Waals surface area contributed by atoms with Crippen LogP contribution in [0.15, 0.2) is 0 Å². The van der Waals surface area contributed by atoms with Crippen molar-refractivity contribution < 1.29 is 33.9 Å². The van der Waals surface area contributed by atoms with E-state index in [1.165, 1.54) is 0 Å². The molecule has 0 aromatic rings. The third-order valence-electron chi connectivity index (χ3n) is 0. The zero-order valence-corrected chi connectivity index (χ0v) is 4.42. The predicted molar refractivity (Wildman–Crippen MR) is 12.7 cm³/mol. The second kappa shape index (κ2) is 2.52. The third-order valence-corrected chi connectivity index (χ3v) is 0. The summed E-state index contributed by atoms with van der Waals surface area (Å²) in [6.45, 7) is 0. The minimum atomic E-state index is -5.17. The Labute approximate surface area is 45.1 Å². The van der Waals surface area contributed by atoms with Crippen molar-refractivity contribution in [3.8, 4) is 0 Å². The number of hydrogen-bond donors (Lipinski definition) is 1. The average Bonchev–Trinajstić information content (AvgIpc) is 0.722. The van der Waals surface area contributed by atoms with Crippen molar-refractivity contribution in [1.82, 2.24) is 0 Å². The topological polar surface area (TPSA) is 54.4 Å². The van der Waals surface area contributed by atoms with E-state index in [9.17, 15) is 3.89 Å². The van der Waals surface area contributed by atoms with Crippen molar-refractivity contribution in [2.24, 2.45) is 0 Å². The van der Waals surface area contributed by atoms with Crippen LogP contribution in [-0.4, -0.2) is 13.0 Å². The van der Waals surface area contributed by atoms with Gasteiger partial charge in [0.25, 0.3) is 0 Å². The predicted octanol–water partition coefficient (Wildman–Crippen LogP) is -0.244. The molecule has 0 bridgehead atoms. The number of rotatable bonds is 0. The van der Waals surface area contributed by atoms with Gasteiger partial charge in [0.05, 0.1) is 0 Å². The molecule has 0 amide bonds. The van der Waals surface area contributed by atoms with Gasteiger partial charge in [0, 0.05) is 17.1 Å². The molecular formula is HFMnO3S. The smallest absolute Gasteiger partial charge is 0.260 e. The Morgan fingerprint density at radius 1 is 1.50 bits per heavy atom. The van der Waals surface area contributed by atoms with Gasteiger partial charge in [-0.1, -0.05) is 3.89 Å². The van der Waals surface area contributed by atoms with Crippen LogP contribution < -0.4 is 0 Å². The van der Waals surface area contributed by atoms with Crippen molar-refractivity contribution in [3.05, 3.63) is 0 Å². The van der Waals surface area contributed by atoms with Gasteiger partial charge >= 0.3 is 10.5 Å². The molecule has 0 heterocycles. The zero-order valence-electron chi connectivity index (χ0n) is 2.43. The summed E-state index contributed by atoms with van der Waals surface area (Å²) >= 11 is 0. The van der Waals surface area contributed by atoms with Gasteiger partial charge in [-0.25, -0.2) is 0 Å². The van der Waals surface area contributed by atoms with E-state index in [1.54, 1.807) is 0 Å². The first-order chi connectivity index (χ1) is 2.00. The summed E-state index contributed by atoms with van der Waals surface area (Å²) < 4.78 is 34.1. The van der Waals surface area contributed by atoms with E-state index in [2.05, 4.69) is 0 Å². The molecule has 0 unspecified atom stereocenters. The standard InChI is InChI=1S/FHO3S.Mn/c1-5(2,3)4;/h(H,2,3,4);. The first kappa shape index (κ1) is 9.61. The van der Waals surface area contributed by atoms with Crippen LogP contribution in [0.3, 0.4) is 0 Å². The van der Waals surface area contributed by atoms with Crippen LogP contribution in [-0.2, 0) is 27.6 Å². The van der Waals surface area contributed by atoms with E-state index in [0.29, 0.717) is 0 Å². The Bertz CT molecular complexity index is 94.0. The molecule has 0 fully saturated rings. The molecule has 0 atom stereocenters. The largest absolute Gasteiger partial charge is 0.435 e. The molecular weight excluding hydrogens is 154 g/mol. The Balaban J connectivity index is 0. The molecule has 6 heavy (non-hydrogen) atoms. The number of halogens is 1. The fourth-order valence-electron chi connectivity index (χ4n) is 0. The summed E-state index contributed by atoms with van der Waals surface area (Å²) in [6, 6.07) is 0. The molecule has 6 heteroatoms. The fraction of sp³-hybridized carbons (Fsp3) is 0. The van der Waals surface area contributed by atoms with Crippen molar-refractivity contribution in [1.29, 1.82) is 0 Å². The van der Waals surface area contributed by atoms with Gasteiger partial charge in [0.1, 0.15) is 0 Å². The van der Waals surface area contributed by atoms with Crippen molar-refractivity contribution in [3.63, 3.8) is 0 Å². The molecule has 39 valence electrons. The van der Waals surface area contributed by atoms with E-state index in [4.69, 9.17) is 13.0 Å². The molecule has 0 aromatic carbocycles. The van der Waals surface area contributed by atoms with Gasteiger partial charge in [-0.3, -0.25) is 4.55 Å². The molecule has 1 N–H and O–H groups in total. The van der Waals surface area contributed by atoms with E-state index in [-0.39, 0.29) is 17.1 Å². The summed E-state index contributed by atoms with van der Waals surface area (Å²) in [4.78, 5) is 0. The van der Waals surface area contributed by atoms with Gasteiger partial charge in [0.2, 0.25) is 0 Å². The minimum Gasteiger partial charge on any atom is -0.260 e. The Hall–Kier alpha value is 0.359. The Kier molecular flexibility index (Phi) is 4.03. The maximum absolute atomic E-state index is 10.2. The van der Waals surface area contributed by atoms with Gasteiger partial charge in [0.15, 0.2) is 0 Å². The Morgan fingerprint density at radius 2 is 1.50 bits per heavy atom. The quantitative estimate of drug-likeness (QED) is 0.298. The maximum atomic E-state index is 10.2.